The molecule has 0 unspecified atom stereocenters. The summed E-state index contributed by atoms with van der Waals surface area (Å²) in [6.07, 6.45) is 8.16. The fourth-order valence-corrected chi connectivity index (χ4v) is 3.41. The summed E-state index contributed by atoms with van der Waals surface area (Å²) in [6, 6.07) is 3.80. The zero-order valence-corrected chi connectivity index (χ0v) is 14.6. The fourth-order valence-electron chi connectivity index (χ4n) is 3.41. The molecule has 1 saturated carbocycles. The smallest absolute Gasteiger partial charge is 0.231 e. The summed E-state index contributed by atoms with van der Waals surface area (Å²) in [6.45, 7) is 3.52. The molecule has 3 aromatic heterocycles. The molecule has 2 fully saturated rings. The molecule has 4 heterocycles. The van der Waals surface area contributed by atoms with E-state index in [1.54, 1.807) is 10.7 Å². The maximum absolute atomic E-state index is 5.89. The van der Waals surface area contributed by atoms with Crippen LogP contribution in [0.4, 0.5) is 0 Å². The van der Waals surface area contributed by atoms with Crippen LogP contribution >= 0.6 is 0 Å². The van der Waals surface area contributed by atoms with Gasteiger partial charge in [-0.25, -0.2) is 9.50 Å². The Kier molecular flexibility index (Phi) is 4.05. The molecule has 8 nitrogen and oxygen atoms in total. The van der Waals surface area contributed by atoms with Gasteiger partial charge in [-0.3, -0.25) is 4.90 Å². The van der Waals surface area contributed by atoms with E-state index in [1.165, 1.54) is 12.8 Å². The molecule has 1 aliphatic carbocycles. The van der Waals surface area contributed by atoms with Gasteiger partial charge in [-0.15, -0.1) is 15.3 Å². The van der Waals surface area contributed by atoms with Crippen molar-refractivity contribution < 1.29 is 9.15 Å². The zero-order valence-electron chi connectivity index (χ0n) is 14.6. The number of hydrogen-bond acceptors (Lipinski definition) is 7. The van der Waals surface area contributed by atoms with Gasteiger partial charge in [0.25, 0.3) is 0 Å². The van der Waals surface area contributed by atoms with Crippen molar-refractivity contribution in [3.63, 3.8) is 0 Å². The van der Waals surface area contributed by atoms with Crippen LogP contribution in [-0.2, 0) is 6.54 Å². The van der Waals surface area contributed by atoms with E-state index in [1.807, 2.05) is 18.3 Å². The van der Waals surface area contributed by atoms with Crippen molar-refractivity contribution in [2.75, 3.05) is 19.7 Å². The summed E-state index contributed by atoms with van der Waals surface area (Å²) >= 11 is 0. The van der Waals surface area contributed by atoms with Crippen molar-refractivity contribution >= 4 is 5.65 Å². The van der Waals surface area contributed by atoms with E-state index in [2.05, 4.69) is 25.2 Å². The summed E-state index contributed by atoms with van der Waals surface area (Å²) in [5.74, 6) is 3.30. The molecule has 0 spiro atoms. The third kappa shape index (κ3) is 3.41. The Balaban J connectivity index is 1.09. The molecular formula is C18H22N6O2. The molecule has 8 heteroatoms. The van der Waals surface area contributed by atoms with E-state index in [9.17, 15) is 0 Å². The first-order chi connectivity index (χ1) is 12.8. The van der Waals surface area contributed by atoms with Crippen molar-refractivity contribution in [3.05, 3.63) is 36.3 Å². The molecule has 3 aromatic rings. The van der Waals surface area contributed by atoms with Crippen molar-refractivity contribution in [3.8, 4) is 5.88 Å². The summed E-state index contributed by atoms with van der Waals surface area (Å²) in [4.78, 5) is 6.57. The Morgan fingerprint density at radius 1 is 1.12 bits per heavy atom. The predicted octanol–water partition coefficient (Wildman–Crippen LogP) is 2.28. The number of nitrogens with zero attached hydrogens (tertiary/aromatic N) is 6. The average molecular weight is 354 g/mol. The lowest BCUT2D eigenvalue weighted by Crippen LogP contribution is -2.35. The van der Waals surface area contributed by atoms with Gasteiger partial charge in [0.15, 0.2) is 5.65 Å². The van der Waals surface area contributed by atoms with Crippen LogP contribution in [0.1, 0.15) is 43.4 Å². The first kappa shape index (κ1) is 15.7. The lowest BCUT2D eigenvalue weighted by molar-refractivity contribution is 0.126. The number of imidazole rings is 1. The van der Waals surface area contributed by atoms with Crippen molar-refractivity contribution in [1.82, 2.24) is 29.7 Å². The largest absolute Gasteiger partial charge is 0.476 e. The Morgan fingerprint density at radius 2 is 2.00 bits per heavy atom. The van der Waals surface area contributed by atoms with Crippen LogP contribution in [0.3, 0.4) is 0 Å². The highest BCUT2D eigenvalue weighted by Gasteiger charge is 2.30. The minimum Gasteiger partial charge on any atom is -0.476 e. The van der Waals surface area contributed by atoms with Gasteiger partial charge in [-0.05, 0) is 50.8 Å². The summed E-state index contributed by atoms with van der Waals surface area (Å²) < 4.78 is 13.4. The molecular weight excluding hydrogens is 332 g/mol. The Labute approximate surface area is 151 Å². The lowest BCUT2D eigenvalue weighted by Gasteiger charge is -2.30. The molecule has 136 valence electrons. The second kappa shape index (κ2) is 6.68. The maximum atomic E-state index is 5.89. The highest BCUT2D eigenvalue weighted by molar-refractivity contribution is 5.37. The zero-order chi connectivity index (χ0) is 17.3. The van der Waals surface area contributed by atoms with Gasteiger partial charge in [-0.2, -0.15) is 0 Å². The minimum absolute atomic E-state index is 0.522. The number of piperidine rings is 1. The quantitative estimate of drug-likeness (QED) is 0.671. The molecule has 0 radical (unpaired) electrons. The Hall–Kier alpha value is -2.48. The fraction of sp³-hybridized carbons (Fsp3) is 0.556. The van der Waals surface area contributed by atoms with Crippen LogP contribution in [0.15, 0.2) is 28.9 Å². The first-order valence-corrected chi connectivity index (χ1v) is 9.31. The molecule has 1 aliphatic heterocycles. The van der Waals surface area contributed by atoms with Crippen LogP contribution in [0, 0.1) is 5.92 Å². The molecule has 0 atom stereocenters. The lowest BCUT2D eigenvalue weighted by atomic mass is 9.98. The van der Waals surface area contributed by atoms with Gasteiger partial charge in [0.05, 0.1) is 13.2 Å². The molecule has 2 aliphatic rings. The molecule has 0 bridgehead atoms. The van der Waals surface area contributed by atoms with Crippen molar-refractivity contribution in [2.24, 2.45) is 5.92 Å². The van der Waals surface area contributed by atoms with E-state index in [4.69, 9.17) is 9.15 Å². The van der Waals surface area contributed by atoms with Gasteiger partial charge < -0.3 is 9.15 Å². The molecule has 0 aromatic carbocycles. The van der Waals surface area contributed by atoms with Gasteiger partial charge in [-0.1, -0.05) is 0 Å². The van der Waals surface area contributed by atoms with Gasteiger partial charge in [0.2, 0.25) is 17.7 Å². The molecule has 1 saturated heterocycles. The number of aromatic nitrogens is 5. The molecule has 0 N–H and O–H groups in total. The van der Waals surface area contributed by atoms with Crippen LogP contribution in [0.2, 0.25) is 0 Å². The third-order valence-corrected chi connectivity index (χ3v) is 5.17. The molecule has 26 heavy (non-hydrogen) atoms. The third-order valence-electron chi connectivity index (χ3n) is 5.17. The first-order valence-electron chi connectivity index (χ1n) is 9.31. The van der Waals surface area contributed by atoms with Crippen molar-refractivity contribution in [1.29, 1.82) is 0 Å². The van der Waals surface area contributed by atoms with Crippen LogP contribution in [0.25, 0.3) is 5.65 Å². The predicted molar refractivity (Wildman–Crippen MR) is 92.8 cm³/mol. The average Bonchev–Trinajstić information content (AvgIpc) is 3.23. The normalized spacial score (nSPS) is 19.2. The number of likely N-dealkylation sites (tertiary alicyclic amines) is 1. The summed E-state index contributed by atoms with van der Waals surface area (Å²) in [5.41, 5.74) is 0.830. The van der Waals surface area contributed by atoms with Gasteiger partial charge in [0.1, 0.15) is 0 Å². The maximum Gasteiger partial charge on any atom is 0.231 e. The molecule has 5 rings (SSSR count). The van der Waals surface area contributed by atoms with Crippen LogP contribution < -0.4 is 4.74 Å². The van der Waals surface area contributed by atoms with E-state index >= 15 is 0 Å². The highest BCUT2D eigenvalue weighted by Crippen LogP contribution is 2.39. The van der Waals surface area contributed by atoms with E-state index < -0.39 is 0 Å². The van der Waals surface area contributed by atoms with Crippen molar-refractivity contribution in [2.45, 2.75) is 38.1 Å². The minimum atomic E-state index is 0.522. The monoisotopic (exact) mass is 354 g/mol. The number of ether oxygens (including phenoxy) is 1. The standard InChI is InChI=1S/C18H22N6O2/c1-2-14(1)18-21-20-17(26-18)11-23-8-5-13(6-9-23)12-25-16-4-3-15-19-7-10-24(15)22-16/h3-4,7,10,13-14H,1-2,5-6,8-9,11-12H2. The van der Waals surface area contributed by atoms with Crippen LogP contribution in [-0.4, -0.2) is 49.4 Å². The van der Waals surface area contributed by atoms with Gasteiger partial charge >= 0.3 is 0 Å². The SMILES string of the molecule is c1cn2nc(OCC3CCN(Cc4nnc(C5CC5)o4)CC3)ccc2n1. The Morgan fingerprint density at radius 3 is 2.85 bits per heavy atom. The summed E-state index contributed by atoms with van der Waals surface area (Å²) in [7, 11) is 0. The number of hydrogen-bond donors (Lipinski definition) is 0. The Bertz CT molecular complexity index is 879. The van der Waals surface area contributed by atoms with E-state index in [0.29, 0.717) is 24.3 Å². The summed E-state index contributed by atoms with van der Waals surface area (Å²) in [5, 5.41) is 12.8. The van der Waals surface area contributed by atoms with Crippen LogP contribution in [0.5, 0.6) is 5.88 Å². The topological polar surface area (TPSA) is 81.6 Å². The van der Waals surface area contributed by atoms with Gasteiger partial charge in [0, 0.05) is 24.4 Å². The van der Waals surface area contributed by atoms with E-state index in [-0.39, 0.29) is 0 Å². The van der Waals surface area contributed by atoms with E-state index in [0.717, 1.165) is 49.9 Å². The number of fused-ring (bicyclic) bond motifs is 1. The second-order valence-corrected chi connectivity index (χ2v) is 7.24. The molecule has 0 amide bonds. The highest BCUT2D eigenvalue weighted by atomic mass is 16.5. The number of rotatable bonds is 6. The second-order valence-electron chi connectivity index (χ2n) is 7.24.